The summed E-state index contributed by atoms with van der Waals surface area (Å²) in [7, 11) is 0. The predicted molar refractivity (Wildman–Crippen MR) is 48.4 cm³/mol. The van der Waals surface area contributed by atoms with Crippen molar-refractivity contribution in [2.24, 2.45) is 0 Å². The van der Waals surface area contributed by atoms with Crippen LogP contribution in [-0.4, -0.2) is 4.40 Å². The van der Waals surface area contributed by atoms with E-state index >= 15 is 0 Å². The summed E-state index contributed by atoms with van der Waals surface area (Å²) in [5.74, 6) is 0. The smallest absolute Gasteiger partial charge is 0.255 e. The molecule has 0 aliphatic carbocycles. The van der Waals surface area contributed by atoms with Crippen molar-refractivity contribution in [2.75, 3.05) is 0 Å². The van der Waals surface area contributed by atoms with Crippen LogP contribution in [0.1, 0.15) is 5.56 Å². The molecule has 2 rings (SSSR count). The molecule has 2 heteroatoms. The van der Waals surface area contributed by atoms with Gasteiger partial charge in [0.15, 0.2) is 0 Å². The second-order valence-electron chi connectivity index (χ2n) is 2.81. The number of pyridine rings is 2. The molecule has 0 aliphatic rings. The summed E-state index contributed by atoms with van der Waals surface area (Å²) < 4.78 is 1.65. The van der Waals surface area contributed by atoms with Gasteiger partial charge in [0.05, 0.1) is 5.52 Å². The molecule has 2 aromatic heterocycles. The van der Waals surface area contributed by atoms with Crippen LogP contribution >= 0.6 is 0 Å². The third kappa shape index (κ3) is 0.925. The van der Waals surface area contributed by atoms with E-state index in [-0.39, 0.29) is 5.56 Å². The van der Waals surface area contributed by atoms with Crippen molar-refractivity contribution in [3.8, 4) is 0 Å². The summed E-state index contributed by atoms with van der Waals surface area (Å²) in [5.41, 5.74) is 2.12. The Balaban J connectivity index is 3.05. The lowest BCUT2D eigenvalue weighted by atomic mass is 10.2. The second-order valence-corrected chi connectivity index (χ2v) is 2.81. The molecule has 0 atom stereocenters. The van der Waals surface area contributed by atoms with Crippen LogP contribution in [0.15, 0.2) is 41.3 Å². The van der Waals surface area contributed by atoms with E-state index in [0.29, 0.717) is 0 Å². The van der Waals surface area contributed by atoms with Gasteiger partial charge in [-0.3, -0.25) is 9.20 Å². The lowest BCUT2D eigenvalue weighted by Gasteiger charge is -2.01. The van der Waals surface area contributed by atoms with Crippen LogP contribution in [0, 0.1) is 6.92 Å². The van der Waals surface area contributed by atoms with Gasteiger partial charge in [-0.25, -0.2) is 0 Å². The molecule has 0 radical (unpaired) electrons. The Hall–Kier alpha value is -1.57. The van der Waals surface area contributed by atoms with Crippen LogP contribution in [0.2, 0.25) is 0 Å². The highest BCUT2D eigenvalue weighted by Gasteiger charge is 1.95. The van der Waals surface area contributed by atoms with Gasteiger partial charge in [-0.15, -0.1) is 0 Å². The van der Waals surface area contributed by atoms with Gasteiger partial charge in [-0.1, -0.05) is 12.1 Å². The highest BCUT2D eigenvalue weighted by Crippen LogP contribution is 2.05. The van der Waals surface area contributed by atoms with E-state index in [4.69, 9.17) is 0 Å². The monoisotopic (exact) mass is 159 g/mol. The molecule has 0 saturated carbocycles. The maximum absolute atomic E-state index is 11.3. The minimum Gasteiger partial charge on any atom is -0.284 e. The van der Waals surface area contributed by atoms with E-state index in [9.17, 15) is 4.79 Å². The minimum absolute atomic E-state index is 0.0243. The van der Waals surface area contributed by atoms with Crippen molar-refractivity contribution in [2.45, 2.75) is 6.92 Å². The van der Waals surface area contributed by atoms with Gasteiger partial charge in [0.2, 0.25) is 0 Å². The highest BCUT2D eigenvalue weighted by atomic mass is 16.1. The zero-order valence-corrected chi connectivity index (χ0v) is 6.82. The molecule has 60 valence electrons. The Morgan fingerprint density at radius 3 is 2.75 bits per heavy atom. The van der Waals surface area contributed by atoms with Gasteiger partial charge in [0, 0.05) is 12.3 Å². The van der Waals surface area contributed by atoms with E-state index in [0.717, 1.165) is 11.1 Å². The number of hydrogen-bond acceptors (Lipinski definition) is 1. The Labute approximate surface area is 70.1 Å². The quantitative estimate of drug-likeness (QED) is 0.572. The van der Waals surface area contributed by atoms with Crippen molar-refractivity contribution >= 4 is 5.52 Å². The van der Waals surface area contributed by atoms with Gasteiger partial charge in [0.25, 0.3) is 5.56 Å². The van der Waals surface area contributed by atoms with E-state index in [2.05, 4.69) is 0 Å². The first-order valence-electron chi connectivity index (χ1n) is 3.86. The van der Waals surface area contributed by atoms with E-state index < -0.39 is 0 Å². The van der Waals surface area contributed by atoms with E-state index in [1.165, 1.54) is 0 Å². The highest BCUT2D eigenvalue weighted by molar-refractivity contribution is 5.53. The molecule has 2 heterocycles. The fraction of sp³-hybridized carbons (Fsp3) is 0.100. The topological polar surface area (TPSA) is 21.5 Å². The molecule has 0 amide bonds. The van der Waals surface area contributed by atoms with Crippen LogP contribution in [-0.2, 0) is 0 Å². The van der Waals surface area contributed by atoms with Crippen molar-refractivity contribution in [3.63, 3.8) is 0 Å². The Morgan fingerprint density at radius 1 is 1.17 bits per heavy atom. The normalized spacial score (nSPS) is 10.4. The summed E-state index contributed by atoms with van der Waals surface area (Å²) in [5, 5.41) is 0. The van der Waals surface area contributed by atoms with Gasteiger partial charge in [0.1, 0.15) is 0 Å². The number of hydrogen-bond donors (Lipinski definition) is 0. The first-order valence-corrected chi connectivity index (χ1v) is 3.86. The van der Waals surface area contributed by atoms with Crippen molar-refractivity contribution in [1.82, 2.24) is 4.40 Å². The maximum atomic E-state index is 11.3. The summed E-state index contributed by atoms with van der Waals surface area (Å²) in [6, 6.07) is 9.16. The molecule has 2 aromatic rings. The number of nitrogens with zero attached hydrogens (tertiary/aromatic N) is 1. The molecule has 2 nitrogen and oxygen atoms in total. The van der Waals surface area contributed by atoms with Gasteiger partial charge in [-0.05, 0) is 24.6 Å². The largest absolute Gasteiger partial charge is 0.284 e. The summed E-state index contributed by atoms with van der Waals surface area (Å²) in [6.07, 6.45) is 1.78. The van der Waals surface area contributed by atoms with Crippen LogP contribution in [0.3, 0.4) is 0 Å². The molecule has 0 unspecified atom stereocenters. The Morgan fingerprint density at radius 2 is 2.00 bits per heavy atom. The lowest BCUT2D eigenvalue weighted by molar-refractivity contribution is 1.08. The Bertz CT molecular complexity index is 470. The van der Waals surface area contributed by atoms with Crippen molar-refractivity contribution < 1.29 is 0 Å². The van der Waals surface area contributed by atoms with Crippen molar-refractivity contribution in [3.05, 3.63) is 52.4 Å². The molecule has 0 bridgehead atoms. The molecular weight excluding hydrogens is 150 g/mol. The van der Waals surface area contributed by atoms with Gasteiger partial charge in [-0.2, -0.15) is 0 Å². The average molecular weight is 159 g/mol. The molecule has 0 aliphatic heterocycles. The third-order valence-electron chi connectivity index (χ3n) is 1.98. The number of rotatable bonds is 0. The van der Waals surface area contributed by atoms with Crippen molar-refractivity contribution in [1.29, 1.82) is 0 Å². The molecule has 0 saturated heterocycles. The molecule has 0 aromatic carbocycles. The average Bonchev–Trinajstić information content (AvgIpc) is 2.07. The van der Waals surface area contributed by atoms with Crippen LogP contribution in [0.5, 0.6) is 0 Å². The summed E-state index contributed by atoms with van der Waals surface area (Å²) in [6.45, 7) is 1.99. The summed E-state index contributed by atoms with van der Waals surface area (Å²) in [4.78, 5) is 11.3. The maximum Gasteiger partial charge on any atom is 0.255 e. The minimum atomic E-state index is 0.0243. The second kappa shape index (κ2) is 2.48. The number of fused-ring (bicyclic) bond motifs is 1. The fourth-order valence-corrected chi connectivity index (χ4v) is 1.33. The summed E-state index contributed by atoms with van der Waals surface area (Å²) >= 11 is 0. The standard InChI is InChI=1S/C10H9NO/c1-8-4-3-7-11-9(8)5-2-6-10(11)12/h2-7H,1H3. The number of aryl methyl sites for hydroxylation is 1. The molecule has 12 heavy (non-hydrogen) atoms. The van der Waals surface area contributed by atoms with Gasteiger partial charge >= 0.3 is 0 Å². The zero-order valence-electron chi connectivity index (χ0n) is 6.82. The van der Waals surface area contributed by atoms with Crippen LogP contribution < -0.4 is 5.56 Å². The van der Waals surface area contributed by atoms with Gasteiger partial charge < -0.3 is 0 Å². The molecule has 0 spiro atoms. The Kier molecular flexibility index (Phi) is 1.47. The van der Waals surface area contributed by atoms with Crippen LogP contribution in [0.4, 0.5) is 0 Å². The van der Waals surface area contributed by atoms with Crippen LogP contribution in [0.25, 0.3) is 5.52 Å². The third-order valence-corrected chi connectivity index (χ3v) is 1.98. The number of aromatic nitrogens is 1. The lowest BCUT2D eigenvalue weighted by Crippen LogP contribution is -2.11. The predicted octanol–water partition coefficient (Wildman–Crippen LogP) is 1.61. The zero-order chi connectivity index (χ0) is 8.55. The first-order chi connectivity index (χ1) is 5.79. The SMILES string of the molecule is Cc1cccn2c(=O)cccc12. The van der Waals surface area contributed by atoms with E-state index in [1.54, 1.807) is 22.7 Å². The van der Waals surface area contributed by atoms with E-state index in [1.807, 2.05) is 25.1 Å². The molecular formula is C10H9NO. The molecule has 0 fully saturated rings. The fourth-order valence-electron chi connectivity index (χ4n) is 1.33. The first kappa shape index (κ1) is 7.10. The molecule has 0 N–H and O–H groups in total.